The number of hydrogen-bond donors (Lipinski definition) is 1. The minimum atomic E-state index is 0.687. The third-order valence-corrected chi connectivity index (χ3v) is 3.13. The zero-order valence-corrected chi connectivity index (χ0v) is 9.55. The predicted molar refractivity (Wildman–Crippen MR) is 62.4 cm³/mol. The van der Waals surface area contributed by atoms with Gasteiger partial charge in [0.25, 0.3) is 0 Å². The Hall–Kier alpha value is -1.02. The molecule has 1 aliphatic rings. The summed E-state index contributed by atoms with van der Waals surface area (Å²) < 4.78 is 5.79. The highest BCUT2D eigenvalue weighted by Gasteiger charge is 2.14. The predicted octanol–water partition coefficient (Wildman–Crippen LogP) is 2.29. The summed E-state index contributed by atoms with van der Waals surface area (Å²) in [5.74, 6) is 1.69. The molecule has 0 bridgehead atoms. The van der Waals surface area contributed by atoms with Crippen molar-refractivity contribution in [2.45, 2.75) is 20.3 Å². The van der Waals surface area contributed by atoms with E-state index in [9.17, 15) is 0 Å². The molecule has 0 saturated carbocycles. The summed E-state index contributed by atoms with van der Waals surface area (Å²) in [6, 6.07) is 6.31. The van der Waals surface area contributed by atoms with E-state index in [1.807, 2.05) is 0 Å². The largest absolute Gasteiger partial charge is 0.493 e. The number of hydrogen-bond acceptors (Lipinski definition) is 2. The fraction of sp³-hybridized carbons (Fsp3) is 0.538. The van der Waals surface area contributed by atoms with Crippen molar-refractivity contribution < 1.29 is 4.74 Å². The Bertz CT molecular complexity index is 329. The van der Waals surface area contributed by atoms with E-state index in [0.29, 0.717) is 5.92 Å². The maximum absolute atomic E-state index is 5.79. The van der Waals surface area contributed by atoms with Crippen LogP contribution in [0.25, 0.3) is 0 Å². The van der Waals surface area contributed by atoms with Gasteiger partial charge in [-0.3, -0.25) is 0 Å². The molecule has 0 aliphatic carbocycles. The van der Waals surface area contributed by atoms with E-state index < -0.39 is 0 Å². The molecule has 1 atom stereocenters. The van der Waals surface area contributed by atoms with E-state index in [1.165, 1.54) is 17.5 Å². The molecule has 1 unspecified atom stereocenters. The standard InChI is InChI=1S/C13H19NO/c1-10-3-4-13(7-11(10)2)15-9-12-5-6-14-8-12/h3-4,7,12,14H,5-6,8-9H2,1-2H3. The second-order valence-corrected chi connectivity index (χ2v) is 4.42. The van der Waals surface area contributed by atoms with Crippen LogP contribution >= 0.6 is 0 Å². The first-order chi connectivity index (χ1) is 7.25. The number of aryl methyl sites for hydroxylation is 2. The first kappa shape index (κ1) is 10.5. The van der Waals surface area contributed by atoms with E-state index in [-0.39, 0.29) is 0 Å². The Kier molecular flexibility index (Phi) is 3.27. The number of ether oxygens (including phenoxy) is 1. The van der Waals surface area contributed by atoms with Crippen molar-refractivity contribution in [2.24, 2.45) is 5.92 Å². The summed E-state index contributed by atoms with van der Waals surface area (Å²) in [5.41, 5.74) is 2.63. The molecule has 1 N–H and O–H groups in total. The number of benzene rings is 1. The van der Waals surface area contributed by atoms with Gasteiger partial charge in [-0.1, -0.05) is 6.07 Å². The van der Waals surface area contributed by atoms with E-state index in [4.69, 9.17) is 4.74 Å². The molecule has 1 fully saturated rings. The second kappa shape index (κ2) is 4.67. The summed E-state index contributed by atoms with van der Waals surface area (Å²) in [5, 5.41) is 3.35. The lowest BCUT2D eigenvalue weighted by Crippen LogP contribution is -2.15. The zero-order chi connectivity index (χ0) is 10.7. The zero-order valence-electron chi connectivity index (χ0n) is 9.55. The highest BCUT2D eigenvalue weighted by atomic mass is 16.5. The Labute approximate surface area is 91.6 Å². The Morgan fingerprint density at radius 1 is 1.33 bits per heavy atom. The van der Waals surface area contributed by atoms with Gasteiger partial charge in [-0.2, -0.15) is 0 Å². The number of nitrogens with one attached hydrogen (secondary N) is 1. The van der Waals surface area contributed by atoms with Gasteiger partial charge < -0.3 is 10.1 Å². The lowest BCUT2D eigenvalue weighted by Gasteiger charge is -2.11. The first-order valence-corrected chi connectivity index (χ1v) is 5.66. The fourth-order valence-corrected chi connectivity index (χ4v) is 1.87. The van der Waals surface area contributed by atoms with Gasteiger partial charge in [0, 0.05) is 12.5 Å². The average Bonchev–Trinajstić information content (AvgIpc) is 2.73. The summed E-state index contributed by atoms with van der Waals surface area (Å²) >= 11 is 0. The molecule has 2 nitrogen and oxygen atoms in total. The SMILES string of the molecule is Cc1ccc(OCC2CCNC2)cc1C. The average molecular weight is 205 g/mol. The van der Waals surface area contributed by atoms with Crippen LogP contribution in [0.3, 0.4) is 0 Å². The summed E-state index contributed by atoms with van der Waals surface area (Å²) in [7, 11) is 0. The Morgan fingerprint density at radius 3 is 2.87 bits per heavy atom. The van der Waals surface area contributed by atoms with Crippen LogP contribution in [-0.2, 0) is 0 Å². The van der Waals surface area contributed by atoms with Crippen molar-refractivity contribution in [3.8, 4) is 5.75 Å². The summed E-state index contributed by atoms with van der Waals surface area (Å²) in [6.07, 6.45) is 1.24. The topological polar surface area (TPSA) is 21.3 Å². The number of rotatable bonds is 3. The molecule has 15 heavy (non-hydrogen) atoms. The summed E-state index contributed by atoms with van der Waals surface area (Å²) in [4.78, 5) is 0. The van der Waals surface area contributed by atoms with Crippen molar-refractivity contribution in [3.05, 3.63) is 29.3 Å². The molecule has 2 rings (SSSR count). The molecule has 0 spiro atoms. The molecule has 2 heteroatoms. The molecule has 1 aromatic rings. The molecule has 0 aromatic heterocycles. The van der Waals surface area contributed by atoms with Gasteiger partial charge in [-0.25, -0.2) is 0 Å². The third-order valence-electron chi connectivity index (χ3n) is 3.13. The Balaban J connectivity index is 1.90. The van der Waals surface area contributed by atoms with Crippen LogP contribution in [0.2, 0.25) is 0 Å². The van der Waals surface area contributed by atoms with Crippen LogP contribution in [0.1, 0.15) is 17.5 Å². The van der Waals surface area contributed by atoms with Crippen LogP contribution < -0.4 is 10.1 Å². The minimum Gasteiger partial charge on any atom is -0.493 e. The molecule has 1 heterocycles. The van der Waals surface area contributed by atoms with Crippen molar-refractivity contribution in [2.75, 3.05) is 19.7 Å². The fourth-order valence-electron chi connectivity index (χ4n) is 1.87. The van der Waals surface area contributed by atoms with Crippen LogP contribution in [-0.4, -0.2) is 19.7 Å². The Morgan fingerprint density at radius 2 is 2.20 bits per heavy atom. The molecule has 1 aromatic carbocycles. The van der Waals surface area contributed by atoms with Crippen molar-refractivity contribution >= 4 is 0 Å². The molecule has 0 amide bonds. The normalized spacial score (nSPS) is 20.5. The third kappa shape index (κ3) is 2.72. The highest BCUT2D eigenvalue weighted by Crippen LogP contribution is 2.18. The van der Waals surface area contributed by atoms with Crippen LogP contribution in [0.15, 0.2) is 18.2 Å². The maximum Gasteiger partial charge on any atom is 0.119 e. The summed E-state index contributed by atoms with van der Waals surface area (Å²) in [6.45, 7) is 7.33. The molecule has 1 aliphatic heterocycles. The van der Waals surface area contributed by atoms with Crippen LogP contribution in [0.4, 0.5) is 0 Å². The van der Waals surface area contributed by atoms with E-state index >= 15 is 0 Å². The second-order valence-electron chi connectivity index (χ2n) is 4.42. The van der Waals surface area contributed by atoms with E-state index in [0.717, 1.165) is 25.4 Å². The monoisotopic (exact) mass is 205 g/mol. The molecular weight excluding hydrogens is 186 g/mol. The maximum atomic E-state index is 5.79. The van der Waals surface area contributed by atoms with Crippen molar-refractivity contribution in [1.29, 1.82) is 0 Å². The smallest absolute Gasteiger partial charge is 0.119 e. The lowest BCUT2D eigenvalue weighted by molar-refractivity contribution is 0.260. The highest BCUT2D eigenvalue weighted by molar-refractivity contribution is 5.33. The van der Waals surface area contributed by atoms with Gasteiger partial charge >= 0.3 is 0 Å². The van der Waals surface area contributed by atoms with Gasteiger partial charge in [-0.15, -0.1) is 0 Å². The van der Waals surface area contributed by atoms with Gasteiger partial charge in [0.1, 0.15) is 5.75 Å². The molecule has 0 radical (unpaired) electrons. The van der Waals surface area contributed by atoms with Crippen molar-refractivity contribution in [1.82, 2.24) is 5.32 Å². The van der Waals surface area contributed by atoms with Gasteiger partial charge in [0.15, 0.2) is 0 Å². The first-order valence-electron chi connectivity index (χ1n) is 5.66. The van der Waals surface area contributed by atoms with E-state index in [2.05, 4.69) is 37.4 Å². The van der Waals surface area contributed by atoms with Gasteiger partial charge in [0.2, 0.25) is 0 Å². The van der Waals surface area contributed by atoms with E-state index in [1.54, 1.807) is 0 Å². The van der Waals surface area contributed by atoms with Crippen molar-refractivity contribution in [3.63, 3.8) is 0 Å². The van der Waals surface area contributed by atoms with Gasteiger partial charge in [-0.05, 0) is 50.1 Å². The van der Waals surface area contributed by atoms with Crippen LogP contribution in [0.5, 0.6) is 5.75 Å². The van der Waals surface area contributed by atoms with Gasteiger partial charge in [0.05, 0.1) is 6.61 Å². The quantitative estimate of drug-likeness (QED) is 0.817. The minimum absolute atomic E-state index is 0.687. The van der Waals surface area contributed by atoms with Crippen LogP contribution in [0, 0.1) is 19.8 Å². The lowest BCUT2D eigenvalue weighted by atomic mass is 10.1. The molecule has 82 valence electrons. The molecular formula is C13H19NO. The molecule has 1 saturated heterocycles.